The number of sulfonamides is 1. The van der Waals surface area contributed by atoms with Gasteiger partial charge in [0.2, 0.25) is 0 Å². The predicted octanol–water partition coefficient (Wildman–Crippen LogP) is 4.65. The first-order valence-electron chi connectivity index (χ1n) is 9.37. The van der Waals surface area contributed by atoms with E-state index in [0.717, 1.165) is 28.5 Å². The van der Waals surface area contributed by atoms with Gasteiger partial charge in [0.05, 0.1) is 17.2 Å². The average molecular weight is 425 g/mol. The lowest BCUT2D eigenvalue weighted by Gasteiger charge is -2.10. The van der Waals surface area contributed by atoms with Crippen LogP contribution in [0.5, 0.6) is 5.75 Å². The molecule has 4 rings (SSSR count). The van der Waals surface area contributed by atoms with Crippen LogP contribution in [0.15, 0.2) is 71.9 Å². The van der Waals surface area contributed by atoms with Crippen LogP contribution < -0.4 is 9.46 Å². The van der Waals surface area contributed by atoms with Crippen LogP contribution in [0.1, 0.15) is 12.5 Å². The lowest BCUT2D eigenvalue weighted by molar-refractivity contribution is 0.321. The Bertz CT molecular complexity index is 1320. The maximum absolute atomic E-state index is 14.0. The second-order valence-electron chi connectivity index (χ2n) is 6.76. The average Bonchev–Trinajstić information content (AvgIpc) is 3.16. The van der Waals surface area contributed by atoms with Gasteiger partial charge in [0, 0.05) is 23.6 Å². The third-order valence-electron chi connectivity index (χ3n) is 4.62. The predicted molar refractivity (Wildman–Crippen MR) is 114 cm³/mol. The number of rotatable bonds is 6. The van der Waals surface area contributed by atoms with Gasteiger partial charge in [0.15, 0.2) is 11.6 Å². The molecule has 0 spiro atoms. The lowest BCUT2D eigenvalue weighted by atomic mass is 10.1. The molecule has 0 saturated carbocycles. The first kappa shape index (κ1) is 19.9. The van der Waals surface area contributed by atoms with Crippen molar-refractivity contribution in [1.82, 2.24) is 9.38 Å². The van der Waals surface area contributed by atoms with Gasteiger partial charge in [-0.05, 0) is 55.8 Å². The maximum atomic E-state index is 14.0. The van der Waals surface area contributed by atoms with E-state index in [9.17, 15) is 12.8 Å². The number of aryl methyl sites for hydroxylation is 1. The summed E-state index contributed by atoms with van der Waals surface area (Å²) in [7, 11) is -3.94. The minimum atomic E-state index is -3.94. The van der Waals surface area contributed by atoms with Crippen LogP contribution in [-0.2, 0) is 10.0 Å². The molecule has 0 aliphatic rings. The summed E-state index contributed by atoms with van der Waals surface area (Å²) in [4.78, 5) is 4.46. The summed E-state index contributed by atoms with van der Waals surface area (Å²) in [6, 6.07) is 14.4. The molecule has 154 valence electrons. The van der Waals surface area contributed by atoms with E-state index in [2.05, 4.69) is 9.71 Å². The number of nitrogens with one attached hydrogen (secondary N) is 1. The first-order valence-corrected chi connectivity index (χ1v) is 10.9. The number of aromatic nitrogens is 2. The molecular formula is C22H20FN3O3S. The molecule has 2 heterocycles. The van der Waals surface area contributed by atoms with Gasteiger partial charge in [-0.15, -0.1) is 0 Å². The quantitative estimate of drug-likeness (QED) is 0.488. The second kappa shape index (κ2) is 7.79. The molecule has 6 nitrogen and oxygen atoms in total. The number of benzene rings is 2. The van der Waals surface area contributed by atoms with Crippen LogP contribution in [0.25, 0.3) is 16.9 Å². The number of anilines is 1. The molecule has 0 fully saturated rings. The van der Waals surface area contributed by atoms with Gasteiger partial charge in [-0.2, -0.15) is 0 Å². The molecule has 2 aromatic heterocycles. The summed E-state index contributed by atoms with van der Waals surface area (Å²) in [5, 5.41) is 0. The minimum Gasteiger partial charge on any atom is -0.491 e. The number of hydrogen-bond acceptors (Lipinski definition) is 4. The molecule has 0 aliphatic heterocycles. The molecule has 0 amide bonds. The molecule has 4 aromatic rings. The third kappa shape index (κ3) is 3.86. The van der Waals surface area contributed by atoms with Crippen LogP contribution in [0.2, 0.25) is 0 Å². The number of pyridine rings is 1. The summed E-state index contributed by atoms with van der Waals surface area (Å²) in [5.74, 6) is -0.708. The fraction of sp³-hybridized carbons (Fsp3) is 0.136. The van der Waals surface area contributed by atoms with Crippen LogP contribution in [0.3, 0.4) is 0 Å². The molecule has 0 radical (unpaired) electrons. The third-order valence-corrected chi connectivity index (χ3v) is 6.00. The van der Waals surface area contributed by atoms with E-state index in [4.69, 9.17) is 4.74 Å². The Morgan fingerprint density at radius 3 is 2.57 bits per heavy atom. The van der Waals surface area contributed by atoms with Crippen LogP contribution in [0.4, 0.5) is 10.1 Å². The largest absolute Gasteiger partial charge is 0.491 e. The van der Waals surface area contributed by atoms with Crippen molar-refractivity contribution in [2.45, 2.75) is 18.7 Å². The van der Waals surface area contributed by atoms with E-state index in [-0.39, 0.29) is 10.6 Å². The minimum absolute atomic E-state index is 0.0171. The van der Waals surface area contributed by atoms with E-state index < -0.39 is 15.8 Å². The van der Waals surface area contributed by atoms with E-state index in [1.165, 1.54) is 12.1 Å². The zero-order valence-corrected chi connectivity index (χ0v) is 17.3. The topological polar surface area (TPSA) is 72.7 Å². The summed E-state index contributed by atoms with van der Waals surface area (Å²) < 4.78 is 48.8. The van der Waals surface area contributed by atoms with Gasteiger partial charge in [0.25, 0.3) is 10.0 Å². The lowest BCUT2D eigenvalue weighted by Crippen LogP contribution is -2.13. The molecule has 0 bridgehead atoms. The van der Waals surface area contributed by atoms with Gasteiger partial charge in [-0.25, -0.2) is 17.8 Å². The monoisotopic (exact) mass is 425 g/mol. The molecule has 30 heavy (non-hydrogen) atoms. The zero-order chi connectivity index (χ0) is 21.3. The normalized spacial score (nSPS) is 11.6. The molecule has 0 saturated heterocycles. The van der Waals surface area contributed by atoms with Crippen molar-refractivity contribution in [3.8, 4) is 17.0 Å². The Balaban J connectivity index is 1.56. The molecule has 0 atom stereocenters. The van der Waals surface area contributed by atoms with Crippen LogP contribution in [-0.4, -0.2) is 24.4 Å². The van der Waals surface area contributed by atoms with Crippen molar-refractivity contribution in [2.75, 3.05) is 11.3 Å². The molecule has 8 heteroatoms. The Labute approximate surface area is 174 Å². The standard InChI is InChI=1S/C22H20FN3O3S/c1-3-29-21-11-10-18(13-19(21)23)30(27,28)25-17-8-6-16(7-9-17)20-14-26-12-4-5-15(2)22(26)24-20/h4-14,25H,3H2,1-2H3. The van der Waals surface area contributed by atoms with Crippen LogP contribution >= 0.6 is 0 Å². The maximum Gasteiger partial charge on any atom is 0.262 e. The smallest absolute Gasteiger partial charge is 0.262 e. The van der Waals surface area contributed by atoms with E-state index >= 15 is 0 Å². The van der Waals surface area contributed by atoms with E-state index in [0.29, 0.717) is 12.3 Å². The molecular weight excluding hydrogens is 405 g/mol. The summed E-state index contributed by atoms with van der Waals surface area (Å²) in [6.45, 7) is 4.01. The van der Waals surface area contributed by atoms with Gasteiger partial charge in [0.1, 0.15) is 5.65 Å². The molecule has 1 N–H and O–H groups in total. The van der Waals surface area contributed by atoms with Gasteiger partial charge in [-0.3, -0.25) is 4.72 Å². The van der Waals surface area contributed by atoms with Crippen molar-refractivity contribution < 1.29 is 17.5 Å². The Morgan fingerprint density at radius 2 is 1.90 bits per heavy atom. The van der Waals surface area contributed by atoms with Gasteiger partial charge >= 0.3 is 0 Å². The van der Waals surface area contributed by atoms with E-state index in [1.54, 1.807) is 31.2 Å². The first-order chi connectivity index (χ1) is 14.4. The highest BCUT2D eigenvalue weighted by Crippen LogP contribution is 2.25. The van der Waals surface area contributed by atoms with Crippen molar-refractivity contribution in [3.63, 3.8) is 0 Å². The SMILES string of the molecule is CCOc1ccc(S(=O)(=O)Nc2ccc(-c3cn4cccc(C)c4n3)cc2)cc1F. The fourth-order valence-corrected chi connectivity index (χ4v) is 4.21. The number of nitrogens with zero attached hydrogens (tertiary/aromatic N) is 2. The Hall–Kier alpha value is -3.39. The van der Waals surface area contributed by atoms with Crippen molar-refractivity contribution in [3.05, 3.63) is 78.4 Å². The second-order valence-corrected chi connectivity index (χ2v) is 8.44. The fourth-order valence-electron chi connectivity index (χ4n) is 3.14. The summed E-state index contributed by atoms with van der Waals surface area (Å²) in [5.41, 5.74) is 3.94. The number of ether oxygens (including phenoxy) is 1. The Morgan fingerprint density at radius 1 is 1.13 bits per heavy atom. The van der Waals surface area contributed by atoms with Crippen molar-refractivity contribution in [2.24, 2.45) is 0 Å². The van der Waals surface area contributed by atoms with Gasteiger partial charge < -0.3 is 9.14 Å². The highest BCUT2D eigenvalue weighted by atomic mass is 32.2. The zero-order valence-electron chi connectivity index (χ0n) is 16.5. The highest BCUT2D eigenvalue weighted by molar-refractivity contribution is 7.92. The summed E-state index contributed by atoms with van der Waals surface area (Å²) >= 11 is 0. The van der Waals surface area contributed by atoms with E-state index in [1.807, 2.05) is 35.9 Å². The molecule has 0 aliphatic carbocycles. The molecule has 0 unspecified atom stereocenters. The molecule has 2 aromatic carbocycles. The number of imidazole rings is 1. The number of hydrogen-bond donors (Lipinski definition) is 1. The summed E-state index contributed by atoms with van der Waals surface area (Å²) in [6.07, 6.45) is 3.85. The van der Waals surface area contributed by atoms with Gasteiger partial charge in [-0.1, -0.05) is 18.2 Å². The van der Waals surface area contributed by atoms with Crippen LogP contribution in [0, 0.1) is 12.7 Å². The van der Waals surface area contributed by atoms with Crippen molar-refractivity contribution in [1.29, 1.82) is 0 Å². The number of fused-ring (bicyclic) bond motifs is 1. The van der Waals surface area contributed by atoms with Crippen molar-refractivity contribution >= 4 is 21.4 Å². The Kier molecular flexibility index (Phi) is 5.17. The highest BCUT2D eigenvalue weighted by Gasteiger charge is 2.17. The number of halogens is 1.